The highest BCUT2D eigenvalue weighted by Crippen LogP contribution is 2.18. The molecule has 0 saturated heterocycles. The van der Waals surface area contributed by atoms with Gasteiger partial charge in [0.15, 0.2) is 12.4 Å². The van der Waals surface area contributed by atoms with Crippen LogP contribution in [-0.4, -0.2) is 32.7 Å². The summed E-state index contributed by atoms with van der Waals surface area (Å²) < 4.78 is 32.5. The van der Waals surface area contributed by atoms with Gasteiger partial charge < -0.3 is 10.1 Å². The van der Waals surface area contributed by atoms with E-state index in [2.05, 4.69) is 10.0 Å². The van der Waals surface area contributed by atoms with E-state index in [9.17, 15) is 22.8 Å². The molecule has 0 aliphatic rings. The number of sulfonamides is 1. The van der Waals surface area contributed by atoms with Gasteiger partial charge in [0.2, 0.25) is 0 Å². The van der Waals surface area contributed by atoms with Crippen molar-refractivity contribution >= 4 is 39.1 Å². The van der Waals surface area contributed by atoms with Crippen LogP contribution in [0.1, 0.15) is 33.2 Å². The minimum atomic E-state index is -3.83. The lowest BCUT2D eigenvalue weighted by molar-refractivity contribution is -0.119. The average Bonchev–Trinajstić information content (AvgIpc) is 2.79. The zero-order valence-corrected chi connectivity index (χ0v) is 18.8. The number of hydrogen-bond acceptors (Lipinski definition) is 6. The van der Waals surface area contributed by atoms with Crippen molar-refractivity contribution in [1.82, 2.24) is 0 Å². The first-order valence-corrected chi connectivity index (χ1v) is 11.4. The number of carbonyl (C=O) groups excluding carboxylic acids is 3. The molecular formula is C24H22N2O6S. The number of ketones is 1. The summed E-state index contributed by atoms with van der Waals surface area (Å²) in [6.07, 6.45) is 0. The molecule has 0 saturated carbocycles. The van der Waals surface area contributed by atoms with Gasteiger partial charge in [-0.3, -0.25) is 14.3 Å². The first-order chi connectivity index (χ1) is 15.7. The highest BCUT2D eigenvalue weighted by atomic mass is 32.2. The predicted octanol–water partition coefficient (Wildman–Crippen LogP) is 3.79. The largest absolute Gasteiger partial charge is 0.452 e. The van der Waals surface area contributed by atoms with Crippen molar-refractivity contribution < 1.29 is 27.5 Å². The van der Waals surface area contributed by atoms with Crippen molar-refractivity contribution in [3.05, 3.63) is 89.5 Å². The van der Waals surface area contributed by atoms with Crippen LogP contribution in [0, 0.1) is 6.92 Å². The summed E-state index contributed by atoms with van der Waals surface area (Å²) in [7, 11) is -3.83. The molecule has 8 nitrogen and oxygen atoms in total. The Hall–Kier alpha value is -3.98. The molecule has 0 spiro atoms. The maximum absolute atomic E-state index is 12.5. The zero-order valence-electron chi connectivity index (χ0n) is 18.0. The Morgan fingerprint density at radius 1 is 0.879 bits per heavy atom. The lowest BCUT2D eigenvalue weighted by Crippen LogP contribution is -2.22. The van der Waals surface area contributed by atoms with Gasteiger partial charge in [0, 0.05) is 11.3 Å². The number of aryl methyl sites for hydroxylation is 1. The maximum atomic E-state index is 12.5. The van der Waals surface area contributed by atoms with Crippen LogP contribution in [0.25, 0.3) is 0 Å². The SMILES string of the molecule is CC(=O)c1ccccc1NC(=O)COC(=O)c1ccc(S(=O)(=O)Nc2ccc(C)cc2)cc1. The fourth-order valence-corrected chi connectivity index (χ4v) is 3.96. The Kier molecular flexibility index (Phi) is 7.24. The molecule has 9 heteroatoms. The molecule has 0 bridgehead atoms. The first-order valence-electron chi connectivity index (χ1n) is 9.92. The number of esters is 1. The van der Waals surface area contributed by atoms with E-state index < -0.39 is 28.5 Å². The Bertz CT molecular complexity index is 1280. The quantitative estimate of drug-likeness (QED) is 0.385. The van der Waals surface area contributed by atoms with E-state index >= 15 is 0 Å². The standard InChI is InChI=1S/C24H22N2O6S/c1-16-7-11-19(12-8-16)26-33(30,31)20-13-9-18(10-14-20)24(29)32-15-23(28)25-22-6-4-3-5-21(22)17(2)27/h3-14,26H,15H2,1-2H3,(H,25,28). The summed E-state index contributed by atoms with van der Waals surface area (Å²) >= 11 is 0. The molecule has 170 valence electrons. The van der Waals surface area contributed by atoms with Gasteiger partial charge in [-0.1, -0.05) is 29.8 Å². The fourth-order valence-electron chi connectivity index (χ4n) is 2.91. The Balaban J connectivity index is 1.59. The highest BCUT2D eigenvalue weighted by Gasteiger charge is 2.17. The van der Waals surface area contributed by atoms with Crippen LogP contribution in [0.2, 0.25) is 0 Å². The third-order valence-electron chi connectivity index (χ3n) is 4.62. The number of nitrogens with one attached hydrogen (secondary N) is 2. The molecule has 33 heavy (non-hydrogen) atoms. The number of amides is 1. The summed E-state index contributed by atoms with van der Waals surface area (Å²) in [6, 6.07) is 18.5. The summed E-state index contributed by atoms with van der Waals surface area (Å²) in [5.74, 6) is -1.62. The van der Waals surface area contributed by atoms with Gasteiger partial charge in [-0.25, -0.2) is 13.2 Å². The molecule has 0 aromatic heterocycles. The molecule has 2 N–H and O–H groups in total. The van der Waals surface area contributed by atoms with E-state index in [4.69, 9.17) is 4.74 Å². The molecule has 3 aromatic rings. The van der Waals surface area contributed by atoms with Crippen LogP contribution in [0.3, 0.4) is 0 Å². The van der Waals surface area contributed by atoms with Crippen molar-refractivity contribution in [3.8, 4) is 0 Å². The number of hydrogen-bond donors (Lipinski definition) is 2. The van der Waals surface area contributed by atoms with Gasteiger partial charge in [-0.2, -0.15) is 0 Å². The zero-order chi connectivity index (χ0) is 24.0. The van der Waals surface area contributed by atoms with Crippen LogP contribution in [0.4, 0.5) is 11.4 Å². The van der Waals surface area contributed by atoms with Gasteiger partial charge in [-0.15, -0.1) is 0 Å². The van der Waals surface area contributed by atoms with Crippen molar-refractivity contribution in [1.29, 1.82) is 0 Å². The lowest BCUT2D eigenvalue weighted by atomic mass is 10.1. The molecule has 0 radical (unpaired) electrons. The van der Waals surface area contributed by atoms with Crippen molar-refractivity contribution in [2.45, 2.75) is 18.7 Å². The number of para-hydroxylation sites is 1. The minimum absolute atomic E-state index is 0.0294. The predicted molar refractivity (Wildman–Crippen MR) is 124 cm³/mol. The monoisotopic (exact) mass is 466 g/mol. The van der Waals surface area contributed by atoms with Gasteiger partial charge in [0.05, 0.1) is 16.1 Å². The highest BCUT2D eigenvalue weighted by molar-refractivity contribution is 7.92. The van der Waals surface area contributed by atoms with Crippen LogP contribution >= 0.6 is 0 Å². The van der Waals surface area contributed by atoms with Crippen molar-refractivity contribution in [3.63, 3.8) is 0 Å². The summed E-state index contributed by atoms with van der Waals surface area (Å²) in [6.45, 7) is 2.70. The minimum Gasteiger partial charge on any atom is -0.452 e. The van der Waals surface area contributed by atoms with E-state index in [0.29, 0.717) is 16.9 Å². The Morgan fingerprint density at radius 3 is 2.15 bits per heavy atom. The van der Waals surface area contributed by atoms with E-state index in [0.717, 1.165) is 5.56 Å². The maximum Gasteiger partial charge on any atom is 0.338 e. The van der Waals surface area contributed by atoms with Gasteiger partial charge in [0.1, 0.15) is 0 Å². The third kappa shape index (κ3) is 6.27. The molecule has 0 heterocycles. The van der Waals surface area contributed by atoms with Gasteiger partial charge >= 0.3 is 5.97 Å². The topological polar surface area (TPSA) is 119 Å². The third-order valence-corrected chi connectivity index (χ3v) is 6.02. The smallest absolute Gasteiger partial charge is 0.338 e. The second-order valence-electron chi connectivity index (χ2n) is 7.22. The molecule has 0 aliphatic heterocycles. The number of rotatable bonds is 8. The van der Waals surface area contributed by atoms with Crippen molar-refractivity contribution in [2.24, 2.45) is 0 Å². The van der Waals surface area contributed by atoms with Crippen LogP contribution in [0.5, 0.6) is 0 Å². The average molecular weight is 467 g/mol. The van der Waals surface area contributed by atoms with E-state index in [-0.39, 0.29) is 16.2 Å². The molecule has 1 amide bonds. The van der Waals surface area contributed by atoms with Gasteiger partial charge in [-0.05, 0) is 62.4 Å². The molecule has 0 fully saturated rings. The summed E-state index contributed by atoms with van der Waals surface area (Å²) in [4.78, 5) is 36.0. The van der Waals surface area contributed by atoms with Gasteiger partial charge in [0.25, 0.3) is 15.9 Å². The Labute approximate surface area is 191 Å². The van der Waals surface area contributed by atoms with E-state index in [1.165, 1.54) is 31.2 Å². The summed E-state index contributed by atoms with van der Waals surface area (Å²) in [5, 5.41) is 2.53. The molecule has 3 rings (SSSR count). The van der Waals surface area contributed by atoms with Crippen molar-refractivity contribution in [2.75, 3.05) is 16.6 Å². The van der Waals surface area contributed by atoms with Crippen LogP contribution in [-0.2, 0) is 19.6 Å². The molecule has 3 aromatic carbocycles. The fraction of sp³-hybridized carbons (Fsp3) is 0.125. The number of Topliss-reactive ketones (excluding diaryl/α,β-unsaturated/α-hetero) is 1. The lowest BCUT2D eigenvalue weighted by Gasteiger charge is -2.10. The van der Waals surface area contributed by atoms with Crippen LogP contribution in [0.15, 0.2) is 77.7 Å². The molecule has 0 unspecified atom stereocenters. The molecular weight excluding hydrogens is 444 g/mol. The number of anilines is 2. The summed E-state index contributed by atoms with van der Waals surface area (Å²) in [5.41, 5.74) is 2.16. The van der Waals surface area contributed by atoms with E-state index in [1.807, 2.05) is 6.92 Å². The first kappa shape index (κ1) is 23.7. The second kappa shape index (κ2) is 10.1. The molecule has 0 aliphatic carbocycles. The molecule has 0 atom stereocenters. The number of ether oxygens (including phenoxy) is 1. The normalized spacial score (nSPS) is 10.8. The second-order valence-corrected chi connectivity index (χ2v) is 8.90. The number of benzene rings is 3. The van der Waals surface area contributed by atoms with Crippen LogP contribution < -0.4 is 10.0 Å². The number of carbonyl (C=O) groups is 3. The van der Waals surface area contributed by atoms with E-state index in [1.54, 1.807) is 48.5 Å². The Morgan fingerprint density at radius 2 is 1.52 bits per heavy atom.